The van der Waals surface area contributed by atoms with E-state index in [0.29, 0.717) is 16.2 Å². The highest BCUT2D eigenvalue weighted by Crippen LogP contribution is 2.71. The molecule has 0 heterocycles. The molecule has 0 saturated heterocycles. The molecule has 4 aliphatic carbocycles. The lowest BCUT2D eigenvalue weighted by atomic mass is 9.46. The summed E-state index contributed by atoms with van der Waals surface area (Å²) in [6, 6.07) is 0. The van der Waals surface area contributed by atoms with Gasteiger partial charge >= 0.3 is 0 Å². The van der Waals surface area contributed by atoms with Crippen molar-refractivity contribution in [1.29, 1.82) is 0 Å². The number of fused-ring (bicyclic) bond motifs is 4. The Hall–Kier alpha value is -0.560. The number of allylic oxidation sites excluding steroid dienone is 2. The fourth-order valence-corrected chi connectivity index (χ4v) is 8.83. The van der Waals surface area contributed by atoms with Gasteiger partial charge in [-0.3, -0.25) is 0 Å². The van der Waals surface area contributed by atoms with Gasteiger partial charge in [0.1, 0.15) is 0 Å². The lowest BCUT2D eigenvalue weighted by Crippen LogP contribution is -2.48. The van der Waals surface area contributed by atoms with E-state index in [2.05, 4.69) is 41.2 Å². The van der Waals surface area contributed by atoms with Crippen LogP contribution in [0.4, 0.5) is 0 Å². The molecule has 0 bridgehead atoms. The van der Waals surface area contributed by atoms with Gasteiger partial charge in [-0.1, -0.05) is 70.8 Å². The molecule has 4 rings (SSSR count). The van der Waals surface area contributed by atoms with Crippen molar-refractivity contribution in [3.8, 4) is 0 Å². The highest BCUT2D eigenvalue weighted by atomic mass is 16.3. The van der Waals surface area contributed by atoms with Gasteiger partial charge < -0.3 is 5.11 Å². The molecule has 0 aliphatic heterocycles. The largest absolute Gasteiger partial charge is 0.396 e. The van der Waals surface area contributed by atoms with Crippen LogP contribution in [0.5, 0.6) is 0 Å². The normalized spacial score (nSPS) is 42.9. The van der Waals surface area contributed by atoms with Crippen molar-refractivity contribution in [1.82, 2.24) is 0 Å². The van der Waals surface area contributed by atoms with Crippen LogP contribution in [0.3, 0.4) is 0 Å². The molecule has 0 amide bonds. The first-order valence-electron chi connectivity index (χ1n) is 13.2. The summed E-state index contributed by atoms with van der Waals surface area (Å²) in [7, 11) is 0. The van der Waals surface area contributed by atoms with Crippen molar-refractivity contribution in [3.05, 3.63) is 23.3 Å². The van der Waals surface area contributed by atoms with Crippen LogP contribution in [0.25, 0.3) is 0 Å². The number of aliphatic hydroxyl groups is 1. The van der Waals surface area contributed by atoms with Crippen molar-refractivity contribution < 1.29 is 5.11 Å². The average Bonchev–Trinajstić information content (AvgIpc) is 3.02. The third-order valence-electron chi connectivity index (χ3n) is 11.4. The summed E-state index contributed by atoms with van der Waals surface area (Å²) in [4.78, 5) is 0. The molecule has 1 N–H and O–H groups in total. The highest BCUT2D eigenvalue weighted by Gasteiger charge is 2.61. The predicted octanol–water partition coefficient (Wildman–Crippen LogP) is 8.09. The zero-order valence-corrected chi connectivity index (χ0v) is 20.7. The smallest absolute Gasteiger partial charge is 0.0493 e. The lowest BCUT2D eigenvalue weighted by Gasteiger charge is -2.58. The van der Waals surface area contributed by atoms with Crippen LogP contribution in [0.15, 0.2) is 23.3 Å². The molecule has 30 heavy (non-hydrogen) atoms. The molecule has 1 heteroatoms. The number of hydrogen-bond acceptors (Lipinski definition) is 1. The molecule has 2 unspecified atom stereocenters. The van der Waals surface area contributed by atoms with Crippen molar-refractivity contribution in [2.75, 3.05) is 6.61 Å². The van der Waals surface area contributed by atoms with Gasteiger partial charge in [-0.25, -0.2) is 0 Å². The van der Waals surface area contributed by atoms with Crippen molar-refractivity contribution >= 4 is 0 Å². The summed E-state index contributed by atoms with van der Waals surface area (Å²) in [6.45, 7) is 17.1. The minimum atomic E-state index is 0.239. The Labute approximate surface area is 186 Å². The lowest BCUT2D eigenvalue weighted by molar-refractivity contribution is 0.0195. The Morgan fingerprint density at radius 3 is 2.50 bits per heavy atom. The Morgan fingerprint density at radius 2 is 1.77 bits per heavy atom. The topological polar surface area (TPSA) is 20.2 Å². The van der Waals surface area contributed by atoms with Crippen LogP contribution in [0, 0.1) is 39.9 Å². The SMILES string of the molecule is C=C(CC[C@@H](C)[C@H]1CC[C@@]2(C)C3=C(CC[C@]12C)[C@@]1(C)CCCCC1CC3)C(C)CO. The minimum Gasteiger partial charge on any atom is -0.396 e. The van der Waals surface area contributed by atoms with Gasteiger partial charge in [0.2, 0.25) is 0 Å². The first-order valence-corrected chi connectivity index (χ1v) is 13.2. The second-order valence-electron chi connectivity index (χ2n) is 12.5. The molecule has 4 aliphatic rings. The fraction of sp³-hybridized carbons (Fsp3) is 0.862. The van der Waals surface area contributed by atoms with Gasteiger partial charge in [-0.2, -0.15) is 0 Å². The third-order valence-corrected chi connectivity index (χ3v) is 11.4. The molecular weight excluding hydrogens is 364 g/mol. The van der Waals surface area contributed by atoms with Gasteiger partial charge in [0, 0.05) is 6.61 Å². The molecule has 0 aromatic carbocycles. The third kappa shape index (κ3) is 3.28. The number of rotatable bonds is 6. The van der Waals surface area contributed by atoms with Crippen molar-refractivity contribution in [3.63, 3.8) is 0 Å². The monoisotopic (exact) mass is 412 g/mol. The summed E-state index contributed by atoms with van der Waals surface area (Å²) in [5, 5.41) is 9.46. The summed E-state index contributed by atoms with van der Waals surface area (Å²) in [5.74, 6) is 2.80. The molecule has 1 nitrogen and oxygen atoms in total. The second-order valence-corrected chi connectivity index (χ2v) is 12.5. The van der Waals surface area contributed by atoms with E-state index in [4.69, 9.17) is 0 Å². The summed E-state index contributed by atoms with van der Waals surface area (Å²) in [6.07, 6.45) is 16.6. The van der Waals surface area contributed by atoms with Gasteiger partial charge in [0.25, 0.3) is 0 Å². The maximum Gasteiger partial charge on any atom is 0.0493 e. The van der Waals surface area contributed by atoms with E-state index in [-0.39, 0.29) is 12.5 Å². The van der Waals surface area contributed by atoms with E-state index in [0.717, 1.165) is 24.2 Å². The van der Waals surface area contributed by atoms with E-state index >= 15 is 0 Å². The van der Waals surface area contributed by atoms with E-state index in [1.54, 1.807) is 0 Å². The molecule has 2 fully saturated rings. The van der Waals surface area contributed by atoms with E-state index in [1.165, 1.54) is 76.2 Å². The first-order chi connectivity index (χ1) is 14.2. The molecule has 0 aromatic heterocycles. The van der Waals surface area contributed by atoms with Crippen LogP contribution >= 0.6 is 0 Å². The Bertz CT molecular complexity index is 703. The fourth-order valence-electron chi connectivity index (χ4n) is 8.83. The molecule has 2 saturated carbocycles. The number of aliphatic hydroxyl groups excluding tert-OH is 1. The van der Waals surface area contributed by atoms with Crippen LogP contribution in [-0.4, -0.2) is 11.7 Å². The Balaban J connectivity index is 1.56. The molecule has 0 radical (unpaired) electrons. The molecule has 0 spiro atoms. The predicted molar refractivity (Wildman–Crippen MR) is 128 cm³/mol. The van der Waals surface area contributed by atoms with E-state index in [9.17, 15) is 5.11 Å². The van der Waals surface area contributed by atoms with Crippen LogP contribution < -0.4 is 0 Å². The van der Waals surface area contributed by atoms with Gasteiger partial charge in [0.15, 0.2) is 0 Å². The standard InChI is InChI=1S/C29H48O/c1-20(22(3)19-30)10-11-21(2)24-14-17-29(6)26-13-12-23-9-7-8-16-27(23,4)25(26)15-18-28(24,29)5/h21-24,30H,1,7-19H2,2-6H3/t21-,22?,23?,24-,27+,28-,29+/m1/s1. The van der Waals surface area contributed by atoms with Crippen LogP contribution in [0.2, 0.25) is 0 Å². The molecular formula is C29H48O. The van der Waals surface area contributed by atoms with Crippen LogP contribution in [0.1, 0.15) is 112 Å². The maximum atomic E-state index is 9.46. The van der Waals surface area contributed by atoms with Crippen molar-refractivity contribution in [2.24, 2.45) is 39.9 Å². The van der Waals surface area contributed by atoms with E-state index < -0.39 is 0 Å². The summed E-state index contributed by atoms with van der Waals surface area (Å²) >= 11 is 0. The second kappa shape index (κ2) is 8.09. The molecule has 170 valence electrons. The Morgan fingerprint density at radius 1 is 1.00 bits per heavy atom. The zero-order valence-electron chi connectivity index (χ0n) is 20.7. The van der Waals surface area contributed by atoms with Gasteiger partial charge in [-0.05, 0) is 104 Å². The molecule has 7 atom stereocenters. The summed E-state index contributed by atoms with van der Waals surface area (Å²) < 4.78 is 0. The van der Waals surface area contributed by atoms with E-state index in [1.807, 2.05) is 11.1 Å². The highest BCUT2D eigenvalue weighted by molar-refractivity contribution is 5.37. The Kier molecular flexibility index (Phi) is 6.10. The van der Waals surface area contributed by atoms with Gasteiger partial charge in [-0.15, -0.1) is 0 Å². The molecule has 0 aromatic rings. The quantitative estimate of drug-likeness (QED) is 0.437. The zero-order chi connectivity index (χ0) is 21.7. The number of hydrogen-bond donors (Lipinski definition) is 1. The summed E-state index contributed by atoms with van der Waals surface area (Å²) in [5.41, 5.74) is 6.54. The van der Waals surface area contributed by atoms with Crippen LogP contribution in [-0.2, 0) is 0 Å². The van der Waals surface area contributed by atoms with Crippen molar-refractivity contribution in [2.45, 2.75) is 112 Å². The minimum absolute atomic E-state index is 0.239. The maximum absolute atomic E-state index is 9.46. The van der Waals surface area contributed by atoms with Gasteiger partial charge in [0.05, 0.1) is 0 Å². The average molecular weight is 413 g/mol. The first kappa shape index (κ1) is 22.6.